The van der Waals surface area contributed by atoms with Gasteiger partial charge in [-0.25, -0.2) is 9.59 Å². The summed E-state index contributed by atoms with van der Waals surface area (Å²) in [7, 11) is 0. The maximum absolute atomic E-state index is 11.5. The zero-order valence-corrected chi connectivity index (χ0v) is 9.29. The molecule has 0 spiro atoms. The number of carbonyl (C=O) groups is 1. The lowest BCUT2D eigenvalue weighted by Gasteiger charge is -2.07. The number of nitrogens with one attached hydrogen (secondary N) is 1. The van der Waals surface area contributed by atoms with E-state index in [9.17, 15) is 14.4 Å². The Labute approximate surface area is 101 Å². The highest BCUT2D eigenvalue weighted by molar-refractivity contribution is 5.89. The molecule has 92 valence electrons. The highest BCUT2D eigenvalue weighted by Gasteiger charge is 2.09. The molecule has 0 aliphatic carbocycles. The number of carboxylic acid groups (broad SMARTS) is 1. The minimum atomic E-state index is -1.05. The quantitative estimate of drug-likeness (QED) is 0.813. The molecule has 2 aromatic rings. The molecule has 1 aromatic carbocycles. The number of nitrogens with zero attached hydrogens (tertiary/aromatic N) is 1. The minimum Gasteiger partial charge on any atom is -0.478 e. The van der Waals surface area contributed by atoms with Gasteiger partial charge in [0.1, 0.15) is 0 Å². The molecule has 0 bridgehead atoms. The number of aromatic amines is 1. The van der Waals surface area contributed by atoms with Gasteiger partial charge in [-0.1, -0.05) is 18.2 Å². The summed E-state index contributed by atoms with van der Waals surface area (Å²) in [6.45, 7) is 0.0953. The monoisotopic (exact) mass is 246 g/mol. The summed E-state index contributed by atoms with van der Waals surface area (Å²) in [5, 5.41) is 9.01. The SMILES string of the molecule is O=C(O)c1ccccc1Cn1ccc(=O)[nH]c1=O. The summed E-state index contributed by atoms with van der Waals surface area (Å²) in [6, 6.07) is 7.61. The first kappa shape index (κ1) is 11.8. The smallest absolute Gasteiger partial charge is 0.336 e. The van der Waals surface area contributed by atoms with Gasteiger partial charge >= 0.3 is 11.7 Å². The molecule has 0 atom stereocenters. The molecule has 18 heavy (non-hydrogen) atoms. The lowest BCUT2D eigenvalue weighted by molar-refractivity contribution is 0.0695. The van der Waals surface area contributed by atoms with Gasteiger partial charge < -0.3 is 5.11 Å². The summed E-state index contributed by atoms with van der Waals surface area (Å²) >= 11 is 0. The molecule has 0 amide bonds. The molecular weight excluding hydrogens is 236 g/mol. The summed E-state index contributed by atoms with van der Waals surface area (Å²) in [4.78, 5) is 35.5. The highest BCUT2D eigenvalue weighted by Crippen LogP contribution is 2.09. The van der Waals surface area contributed by atoms with Crippen molar-refractivity contribution < 1.29 is 9.90 Å². The Morgan fingerprint density at radius 3 is 2.61 bits per heavy atom. The van der Waals surface area contributed by atoms with E-state index in [2.05, 4.69) is 4.98 Å². The van der Waals surface area contributed by atoms with Crippen molar-refractivity contribution in [2.45, 2.75) is 6.54 Å². The number of hydrogen-bond acceptors (Lipinski definition) is 3. The number of H-pyrrole nitrogens is 1. The van der Waals surface area contributed by atoms with Crippen LogP contribution in [0.25, 0.3) is 0 Å². The molecule has 0 saturated carbocycles. The van der Waals surface area contributed by atoms with Crippen molar-refractivity contribution >= 4 is 5.97 Å². The van der Waals surface area contributed by atoms with E-state index in [1.807, 2.05) is 0 Å². The van der Waals surface area contributed by atoms with Gasteiger partial charge in [0, 0.05) is 12.3 Å². The second-order valence-corrected chi connectivity index (χ2v) is 3.70. The Hall–Kier alpha value is -2.63. The third-order valence-corrected chi connectivity index (χ3v) is 2.49. The van der Waals surface area contributed by atoms with Crippen LogP contribution < -0.4 is 11.2 Å². The average Bonchev–Trinajstić information content (AvgIpc) is 2.33. The molecule has 0 aliphatic heterocycles. The van der Waals surface area contributed by atoms with Crippen molar-refractivity contribution in [3.05, 3.63) is 68.5 Å². The van der Waals surface area contributed by atoms with Crippen LogP contribution in [0.4, 0.5) is 0 Å². The van der Waals surface area contributed by atoms with E-state index in [0.717, 1.165) is 0 Å². The van der Waals surface area contributed by atoms with Gasteiger partial charge in [0.25, 0.3) is 5.56 Å². The molecule has 0 aliphatic rings. The summed E-state index contributed by atoms with van der Waals surface area (Å²) in [5.41, 5.74) is -0.416. The molecule has 2 rings (SSSR count). The second kappa shape index (κ2) is 4.70. The van der Waals surface area contributed by atoms with Crippen LogP contribution in [0, 0.1) is 0 Å². The Morgan fingerprint density at radius 1 is 1.22 bits per heavy atom. The van der Waals surface area contributed by atoms with Crippen molar-refractivity contribution in [3.63, 3.8) is 0 Å². The van der Waals surface area contributed by atoms with E-state index in [0.29, 0.717) is 5.56 Å². The molecule has 0 unspecified atom stereocenters. The summed E-state index contributed by atoms with van der Waals surface area (Å²) in [6.07, 6.45) is 1.33. The van der Waals surface area contributed by atoms with E-state index < -0.39 is 17.2 Å². The first-order valence-corrected chi connectivity index (χ1v) is 5.19. The van der Waals surface area contributed by atoms with Crippen LogP contribution in [0.1, 0.15) is 15.9 Å². The molecule has 0 saturated heterocycles. The minimum absolute atomic E-state index is 0.0953. The number of hydrogen-bond donors (Lipinski definition) is 2. The molecule has 6 heteroatoms. The van der Waals surface area contributed by atoms with Gasteiger partial charge in [0.05, 0.1) is 12.1 Å². The topological polar surface area (TPSA) is 92.2 Å². The number of rotatable bonds is 3. The zero-order valence-electron chi connectivity index (χ0n) is 9.29. The first-order chi connectivity index (χ1) is 8.58. The van der Waals surface area contributed by atoms with Crippen molar-refractivity contribution in [2.75, 3.05) is 0 Å². The van der Waals surface area contributed by atoms with Crippen molar-refractivity contribution in [3.8, 4) is 0 Å². The maximum Gasteiger partial charge on any atom is 0.336 e. The van der Waals surface area contributed by atoms with Gasteiger partial charge in [-0.3, -0.25) is 14.3 Å². The lowest BCUT2D eigenvalue weighted by Crippen LogP contribution is -2.29. The Balaban J connectivity index is 2.43. The van der Waals surface area contributed by atoms with Crippen LogP contribution in [0.5, 0.6) is 0 Å². The van der Waals surface area contributed by atoms with E-state index >= 15 is 0 Å². The van der Waals surface area contributed by atoms with E-state index in [1.165, 1.54) is 22.9 Å². The first-order valence-electron chi connectivity index (χ1n) is 5.19. The van der Waals surface area contributed by atoms with Gasteiger partial charge in [0.2, 0.25) is 0 Å². The fourth-order valence-electron chi connectivity index (χ4n) is 1.62. The van der Waals surface area contributed by atoms with Crippen molar-refractivity contribution in [1.29, 1.82) is 0 Å². The van der Waals surface area contributed by atoms with Crippen molar-refractivity contribution in [2.24, 2.45) is 0 Å². The average molecular weight is 246 g/mol. The van der Waals surface area contributed by atoms with Crippen LogP contribution in [-0.4, -0.2) is 20.6 Å². The van der Waals surface area contributed by atoms with E-state index in [1.54, 1.807) is 18.2 Å². The zero-order chi connectivity index (χ0) is 13.1. The molecule has 0 radical (unpaired) electrons. The second-order valence-electron chi connectivity index (χ2n) is 3.70. The summed E-state index contributed by atoms with van der Waals surface area (Å²) < 4.78 is 1.24. The van der Waals surface area contributed by atoms with Crippen LogP contribution >= 0.6 is 0 Å². The van der Waals surface area contributed by atoms with E-state index in [4.69, 9.17) is 5.11 Å². The molecule has 1 aromatic heterocycles. The fraction of sp³-hybridized carbons (Fsp3) is 0.0833. The predicted octanol–water partition coefficient (Wildman–Crippen LogP) is 0.283. The number of carboxylic acids is 1. The third kappa shape index (κ3) is 2.37. The highest BCUT2D eigenvalue weighted by atomic mass is 16.4. The Morgan fingerprint density at radius 2 is 1.94 bits per heavy atom. The van der Waals surface area contributed by atoms with Crippen LogP contribution in [0.15, 0.2) is 46.1 Å². The molecule has 0 fully saturated rings. The molecule has 6 nitrogen and oxygen atoms in total. The standard InChI is InChI=1S/C12H10N2O4/c15-10-5-6-14(12(18)13-10)7-8-3-1-2-4-9(8)11(16)17/h1-6H,7H2,(H,16,17)(H,13,15,18). The molecule has 1 heterocycles. The number of benzene rings is 1. The van der Waals surface area contributed by atoms with E-state index in [-0.39, 0.29) is 12.1 Å². The maximum atomic E-state index is 11.5. The van der Waals surface area contributed by atoms with Gasteiger partial charge in [-0.15, -0.1) is 0 Å². The Bertz CT molecular complexity index is 699. The Kier molecular flexibility index (Phi) is 3.09. The third-order valence-electron chi connectivity index (χ3n) is 2.49. The number of aromatic nitrogens is 2. The largest absolute Gasteiger partial charge is 0.478 e. The fourth-order valence-corrected chi connectivity index (χ4v) is 1.62. The van der Waals surface area contributed by atoms with Crippen LogP contribution in [-0.2, 0) is 6.54 Å². The molecule has 2 N–H and O–H groups in total. The number of aromatic carboxylic acids is 1. The lowest BCUT2D eigenvalue weighted by atomic mass is 10.1. The van der Waals surface area contributed by atoms with Gasteiger partial charge in [-0.2, -0.15) is 0 Å². The van der Waals surface area contributed by atoms with Gasteiger partial charge in [0.15, 0.2) is 0 Å². The van der Waals surface area contributed by atoms with Crippen LogP contribution in [0.2, 0.25) is 0 Å². The normalized spacial score (nSPS) is 10.2. The van der Waals surface area contributed by atoms with Gasteiger partial charge in [-0.05, 0) is 11.6 Å². The summed E-state index contributed by atoms with van der Waals surface area (Å²) in [5.74, 6) is -1.05. The molecular formula is C12H10N2O4. The predicted molar refractivity (Wildman–Crippen MR) is 63.8 cm³/mol. The van der Waals surface area contributed by atoms with Crippen LogP contribution in [0.3, 0.4) is 0 Å². The van der Waals surface area contributed by atoms with Crippen molar-refractivity contribution in [1.82, 2.24) is 9.55 Å².